The van der Waals surface area contributed by atoms with Gasteiger partial charge in [-0.05, 0) is 43.0 Å². The van der Waals surface area contributed by atoms with E-state index in [1.54, 1.807) is 28.8 Å². The Morgan fingerprint density at radius 2 is 1.84 bits per heavy atom. The summed E-state index contributed by atoms with van der Waals surface area (Å²) >= 11 is 13.8. The van der Waals surface area contributed by atoms with Gasteiger partial charge in [-0.25, -0.2) is 0 Å². The van der Waals surface area contributed by atoms with Gasteiger partial charge in [-0.3, -0.25) is 9.59 Å². The maximum Gasteiger partial charge on any atom is 0.242 e. The Morgan fingerprint density at radius 3 is 2.48 bits per heavy atom. The molecule has 0 saturated carbocycles. The normalized spacial score (nSPS) is 11.8. The predicted molar refractivity (Wildman–Crippen MR) is 132 cm³/mol. The van der Waals surface area contributed by atoms with Crippen LogP contribution in [0.2, 0.25) is 10.0 Å². The van der Waals surface area contributed by atoms with Crippen LogP contribution in [-0.2, 0) is 21.9 Å². The number of benzene rings is 2. The van der Waals surface area contributed by atoms with Gasteiger partial charge in [0.1, 0.15) is 6.04 Å². The molecule has 2 amide bonds. The summed E-state index contributed by atoms with van der Waals surface area (Å²) in [6, 6.07) is 13.0. The SMILES string of the molecule is CCCNC(=O)C(CC)N(Cc1ccc(Cl)c(Cl)c1)C(=O)CSCc1cccc(C)c1. The molecule has 2 aromatic carbocycles. The molecule has 2 rings (SSSR count). The molecule has 0 bridgehead atoms. The summed E-state index contributed by atoms with van der Waals surface area (Å²) < 4.78 is 0. The fraction of sp³-hybridized carbons (Fsp3) is 0.417. The van der Waals surface area contributed by atoms with E-state index in [0.717, 1.165) is 17.7 Å². The lowest BCUT2D eigenvalue weighted by atomic mass is 10.1. The Hall–Kier alpha value is -1.69. The highest BCUT2D eigenvalue weighted by Gasteiger charge is 2.28. The zero-order chi connectivity index (χ0) is 22.8. The second kappa shape index (κ2) is 13.0. The lowest BCUT2D eigenvalue weighted by Crippen LogP contribution is -2.49. The van der Waals surface area contributed by atoms with E-state index >= 15 is 0 Å². The molecular weight excluding hydrogens is 451 g/mol. The molecule has 1 unspecified atom stereocenters. The van der Waals surface area contributed by atoms with Gasteiger partial charge in [0, 0.05) is 18.8 Å². The topological polar surface area (TPSA) is 49.4 Å². The van der Waals surface area contributed by atoms with Gasteiger partial charge in [-0.2, -0.15) is 0 Å². The number of carbonyl (C=O) groups excluding carboxylic acids is 2. The summed E-state index contributed by atoms with van der Waals surface area (Å²) in [6.45, 7) is 6.87. The van der Waals surface area contributed by atoms with E-state index < -0.39 is 6.04 Å². The van der Waals surface area contributed by atoms with E-state index in [1.807, 2.05) is 26.0 Å². The zero-order valence-corrected chi connectivity index (χ0v) is 20.6. The summed E-state index contributed by atoms with van der Waals surface area (Å²) in [7, 11) is 0. The van der Waals surface area contributed by atoms with E-state index in [0.29, 0.717) is 35.3 Å². The highest BCUT2D eigenvalue weighted by atomic mass is 35.5. The first-order valence-electron chi connectivity index (χ1n) is 10.5. The lowest BCUT2D eigenvalue weighted by molar-refractivity contribution is -0.139. The van der Waals surface area contributed by atoms with Crippen molar-refractivity contribution in [2.45, 2.75) is 52.0 Å². The Labute approximate surface area is 199 Å². The highest BCUT2D eigenvalue weighted by molar-refractivity contribution is 7.99. The molecule has 0 aliphatic heterocycles. The van der Waals surface area contributed by atoms with E-state index in [1.165, 1.54) is 11.1 Å². The maximum atomic E-state index is 13.2. The van der Waals surface area contributed by atoms with Crippen molar-refractivity contribution < 1.29 is 9.59 Å². The average molecular weight is 481 g/mol. The fourth-order valence-corrected chi connectivity index (χ4v) is 4.44. The minimum absolute atomic E-state index is 0.0674. The first-order valence-corrected chi connectivity index (χ1v) is 12.4. The molecule has 31 heavy (non-hydrogen) atoms. The molecule has 0 saturated heterocycles. The van der Waals surface area contributed by atoms with Crippen LogP contribution >= 0.6 is 35.0 Å². The van der Waals surface area contributed by atoms with Crippen LogP contribution in [0, 0.1) is 6.92 Å². The van der Waals surface area contributed by atoms with Gasteiger partial charge in [0.05, 0.1) is 15.8 Å². The largest absolute Gasteiger partial charge is 0.354 e. The monoisotopic (exact) mass is 480 g/mol. The second-order valence-electron chi connectivity index (χ2n) is 7.47. The third-order valence-electron chi connectivity index (χ3n) is 4.85. The van der Waals surface area contributed by atoms with Gasteiger partial charge in [-0.1, -0.05) is 72.9 Å². The van der Waals surface area contributed by atoms with E-state index in [-0.39, 0.29) is 11.8 Å². The van der Waals surface area contributed by atoms with Crippen LogP contribution in [0.4, 0.5) is 0 Å². The number of rotatable bonds is 11. The lowest BCUT2D eigenvalue weighted by Gasteiger charge is -2.30. The van der Waals surface area contributed by atoms with Crippen molar-refractivity contribution in [3.8, 4) is 0 Å². The molecule has 0 aliphatic carbocycles. The van der Waals surface area contributed by atoms with Crippen LogP contribution < -0.4 is 5.32 Å². The molecule has 2 aromatic rings. The Bertz CT molecular complexity index is 892. The van der Waals surface area contributed by atoms with E-state index in [9.17, 15) is 9.59 Å². The minimum Gasteiger partial charge on any atom is -0.354 e. The third kappa shape index (κ3) is 8.06. The molecule has 4 nitrogen and oxygen atoms in total. The fourth-order valence-electron chi connectivity index (χ4n) is 3.26. The van der Waals surface area contributed by atoms with Gasteiger partial charge in [0.15, 0.2) is 0 Å². The van der Waals surface area contributed by atoms with Gasteiger partial charge in [-0.15, -0.1) is 11.8 Å². The second-order valence-corrected chi connectivity index (χ2v) is 9.27. The number of thioether (sulfide) groups is 1. The number of aryl methyl sites for hydroxylation is 1. The van der Waals surface area contributed by atoms with Crippen molar-refractivity contribution in [3.05, 3.63) is 69.2 Å². The number of hydrogen-bond acceptors (Lipinski definition) is 3. The smallest absolute Gasteiger partial charge is 0.242 e. The molecule has 0 aliphatic rings. The third-order valence-corrected chi connectivity index (χ3v) is 6.58. The number of halogens is 2. The summed E-state index contributed by atoms with van der Waals surface area (Å²) in [5.74, 6) is 0.850. The number of nitrogens with zero attached hydrogens (tertiary/aromatic N) is 1. The first-order chi connectivity index (χ1) is 14.8. The van der Waals surface area contributed by atoms with E-state index in [2.05, 4.69) is 30.4 Å². The average Bonchev–Trinajstić information content (AvgIpc) is 2.74. The number of carbonyl (C=O) groups is 2. The molecule has 0 fully saturated rings. The summed E-state index contributed by atoms with van der Waals surface area (Å²) in [4.78, 5) is 27.6. The Balaban J connectivity index is 2.14. The predicted octanol–water partition coefficient (Wildman–Crippen LogP) is 5.87. The van der Waals surface area contributed by atoms with Crippen molar-refractivity contribution in [2.24, 2.45) is 0 Å². The van der Waals surface area contributed by atoms with Gasteiger partial charge in [0.25, 0.3) is 0 Å². The quantitative estimate of drug-likeness (QED) is 0.437. The van der Waals surface area contributed by atoms with Gasteiger partial charge < -0.3 is 10.2 Å². The van der Waals surface area contributed by atoms with Crippen molar-refractivity contribution in [1.29, 1.82) is 0 Å². The molecule has 1 N–H and O–H groups in total. The minimum atomic E-state index is -0.534. The molecular formula is C24H30Cl2N2O2S. The van der Waals surface area contributed by atoms with Crippen LogP contribution in [0.1, 0.15) is 43.4 Å². The first kappa shape index (κ1) is 25.6. The standard InChI is InChI=1S/C24H30Cl2N2O2S/c1-4-11-27-24(30)22(5-2)28(14-18-9-10-20(25)21(26)13-18)23(29)16-31-15-19-8-6-7-17(3)12-19/h6-10,12-13,22H,4-5,11,14-16H2,1-3H3,(H,27,30). The Kier molecular flexibility index (Phi) is 10.7. The number of hydrogen-bond donors (Lipinski definition) is 1. The van der Waals surface area contributed by atoms with Crippen molar-refractivity contribution in [3.63, 3.8) is 0 Å². The molecule has 0 aromatic heterocycles. The number of nitrogens with one attached hydrogen (secondary N) is 1. The zero-order valence-electron chi connectivity index (χ0n) is 18.3. The molecule has 7 heteroatoms. The molecule has 168 valence electrons. The highest BCUT2D eigenvalue weighted by Crippen LogP contribution is 2.24. The molecule has 0 radical (unpaired) electrons. The Morgan fingerprint density at radius 1 is 1.06 bits per heavy atom. The van der Waals surface area contributed by atoms with Crippen molar-refractivity contribution >= 4 is 46.8 Å². The van der Waals surface area contributed by atoms with Gasteiger partial charge >= 0.3 is 0 Å². The van der Waals surface area contributed by atoms with Crippen molar-refractivity contribution in [2.75, 3.05) is 12.3 Å². The summed E-state index contributed by atoms with van der Waals surface area (Å²) in [5.41, 5.74) is 3.22. The maximum absolute atomic E-state index is 13.2. The van der Waals surface area contributed by atoms with Crippen molar-refractivity contribution in [1.82, 2.24) is 10.2 Å². The molecule has 0 spiro atoms. The van der Waals surface area contributed by atoms with Crippen LogP contribution in [-0.4, -0.2) is 35.1 Å². The van der Waals surface area contributed by atoms with E-state index in [4.69, 9.17) is 23.2 Å². The summed E-state index contributed by atoms with van der Waals surface area (Å²) in [6.07, 6.45) is 1.38. The number of amides is 2. The molecule has 1 atom stereocenters. The summed E-state index contributed by atoms with van der Waals surface area (Å²) in [5, 5.41) is 3.82. The van der Waals surface area contributed by atoms with Crippen LogP contribution in [0.15, 0.2) is 42.5 Å². The van der Waals surface area contributed by atoms with Crippen LogP contribution in [0.3, 0.4) is 0 Å². The van der Waals surface area contributed by atoms with Gasteiger partial charge in [0.2, 0.25) is 11.8 Å². The van der Waals surface area contributed by atoms with Crippen LogP contribution in [0.25, 0.3) is 0 Å². The molecule has 0 heterocycles. The van der Waals surface area contributed by atoms with Crippen LogP contribution in [0.5, 0.6) is 0 Å².